The standard InChI is InChI=1S/C22H21F2N9O2/c1-15-22(11-31-13-25-12-27-31,19-7-2-16(23)10-20(19)24)35-9-8-32(15)21(34)28-17-3-5-18(6-4-17)33-14-26-29-30-33/h2-7,10,12-15H,8-9,11H2,1H3,(H,28,34)/t15-,22-/m1/s1. The minimum absolute atomic E-state index is 0.0706. The zero-order chi connectivity index (χ0) is 24.4. The van der Waals surface area contributed by atoms with Gasteiger partial charge in [-0.05, 0) is 47.7 Å². The second-order valence-corrected chi connectivity index (χ2v) is 8.06. The summed E-state index contributed by atoms with van der Waals surface area (Å²) in [5, 5.41) is 18.0. The minimum atomic E-state index is -1.33. The molecule has 1 aliphatic heterocycles. The number of carbonyl (C=O) groups excluding carboxylic acids is 1. The van der Waals surface area contributed by atoms with Gasteiger partial charge in [0.15, 0.2) is 0 Å². The molecule has 0 bridgehead atoms. The van der Waals surface area contributed by atoms with Crippen molar-refractivity contribution in [2.24, 2.45) is 0 Å². The van der Waals surface area contributed by atoms with E-state index in [1.807, 2.05) is 0 Å². The average molecular weight is 481 g/mol. The predicted molar refractivity (Wildman–Crippen MR) is 118 cm³/mol. The molecule has 2 amide bonds. The Kier molecular flexibility index (Phi) is 5.91. The number of nitrogens with zero attached hydrogens (tertiary/aromatic N) is 8. The lowest BCUT2D eigenvalue weighted by molar-refractivity contribution is -0.146. The van der Waals surface area contributed by atoms with Crippen LogP contribution in [0.2, 0.25) is 0 Å². The Bertz CT molecular complexity index is 1300. The van der Waals surface area contributed by atoms with Crippen LogP contribution >= 0.6 is 0 Å². The molecule has 0 radical (unpaired) electrons. The molecular formula is C22H21F2N9O2. The molecule has 11 nitrogen and oxygen atoms in total. The smallest absolute Gasteiger partial charge is 0.322 e. The zero-order valence-electron chi connectivity index (χ0n) is 18.6. The number of hydrogen-bond acceptors (Lipinski definition) is 7. The number of carbonyl (C=O) groups is 1. The molecule has 0 saturated carbocycles. The second-order valence-electron chi connectivity index (χ2n) is 8.06. The summed E-state index contributed by atoms with van der Waals surface area (Å²) in [5.74, 6) is -1.47. The van der Waals surface area contributed by atoms with Crippen molar-refractivity contribution in [3.8, 4) is 5.69 Å². The van der Waals surface area contributed by atoms with Gasteiger partial charge in [-0.1, -0.05) is 6.07 Å². The van der Waals surface area contributed by atoms with Crippen molar-refractivity contribution in [3.05, 3.63) is 78.6 Å². The summed E-state index contributed by atoms with van der Waals surface area (Å²) in [6.45, 7) is 2.25. The van der Waals surface area contributed by atoms with E-state index >= 15 is 4.39 Å². The maximum Gasteiger partial charge on any atom is 0.322 e. The zero-order valence-corrected chi connectivity index (χ0v) is 18.6. The van der Waals surface area contributed by atoms with Crippen molar-refractivity contribution in [3.63, 3.8) is 0 Å². The van der Waals surface area contributed by atoms with E-state index in [-0.39, 0.29) is 31.3 Å². The molecule has 1 saturated heterocycles. The summed E-state index contributed by atoms with van der Waals surface area (Å²) in [4.78, 5) is 18.8. The van der Waals surface area contributed by atoms with Crippen LogP contribution in [0, 0.1) is 11.6 Å². The van der Waals surface area contributed by atoms with Gasteiger partial charge in [-0.15, -0.1) is 5.10 Å². The van der Waals surface area contributed by atoms with E-state index in [0.717, 1.165) is 11.8 Å². The first-order valence-electron chi connectivity index (χ1n) is 10.8. The highest BCUT2D eigenvalue weighted by Crippen LogP contribution is 2.39. The van der Waals surface area contributed by atoms with Gasteiger partial charge in [0.25, 0.3) is 0 Å². The highest BCUT2D eigenvalue weighted by atomic mass is 19.1. The number of amides is 2. The van der Waals surface area contributed by atoms with Crippen LogP contribution in [0.15, 0.2) is 61.4 Å². The van der Waals surface area contributed by atoms with Crippen LogP contribution in [0.3, 0.4) is 0 Å². The Hall–Kier alpha value is -4.26. The number of urea groups is 1. The van der Waals surface area contributed by atoms with Crippen molar-refractivity contribution >= 4 is 11.7 Å². The van der Waals surface area contributed by atoms with Gasteiger partial charge >= 0.3 is 6.03 Å². The monoisotopic (exact) mass is 481 g/mol. The number of benzene rings is 2. The molecule has 4 aromatic rings. The number of anilines is 1. The Balaban J connectivity index is 1.42. The van der Waals surface area contributed by atoms with Gasteiger partial charge in [0.1, 0.15) is 36.2 Å². The third kappa shape index (κ3) is 4.33. The van der Waals surface area contributed by atoms with E-state index in [2.05, 4.69) is 30.9 Å². The van der Waals surface area contributed by atoms with Crippen molar-refractivity contribution < 1.29 is 18.3 Å². The molecule has 180 valence electrons. The summed E-state index contributed by atoms with van der Waals surface area (Å²) >= 11 is 0. The molecule has 5 rings (SSSR count). The number of ether oxygens (including phenoxy) is 1. The Morgan fingerprint density at radius 3 is 2.71 bits per heavy atom. The lowest BCUT2D eigenvalue weighted by Crippen LogP contribution is -2.61. The summed E-state index contributed by atoms with van der Waals surface area (Å²) in [6.07, 6.45) is 4.29. The van der Waals surface area contributed by atoms with Gasteiger partial charge in [0.05, 0.1) is 24.9 Å². The van der Waals surface area contributed by atoms with Crippen LogP contribution in [-0.4, -0.2) is 65.1 Å². The third-order valence-corrected chi connectivity index (χ3v) is 6.08. The largest absolute Gasteiger partial charge is 0.364 e. The Morgan fingerprint density at radius 1 is 1.20 bits per heavy atom. The minimum Gasteiger partial charge on any atom is -0.364 e. The fourth-order valence-corrected chi connectivity index (χ4v) is 4.30. The van der Waals surface area contributed by atoms with Gasteiger partial charge in [0, 0.05) is 23.9 Å². The summed E-state index contributed by atoms with van der Waals surface area (Å²) in [7, 11) is 0. The highest BCUT2D eigenvalue weighted by Gasteiger charge is 2.48. The Morgan fingerprint density at radius 2 is 2.03 bits per heavy atom. The molecule has 1 aliphatic rings. The molecule has 0 spiro atoms. The fourth-order valence-electron chi connectivity index (χ4n) is 4.30. The van der Waals surface area contributed by atoms with Crippen molar-refractivity contribution in [2.45, 2.75) is 25.1 Å². The fraction of sp³-hybridized carbons (Fsp3) is 0.273. The van der Waals surface area contributed by atoms with Crippen molar-refractivity contribution in [1.82, 2.24) is 39.9 Å². The van der Waals surface area contributed by atoms with Crippen LogP contribution in [0.4, 0.5) is 19.3 Å². The van der Waals surface area contributed by atoms with Gasteiger partial charge in [-0.25, -0.2) is 27.9 Å². The number of halogens is 2. The first-order chi connectivity index (χ1) is 17.0. The molecule has 1 fully saturated rings. The van der Waals surface area contributed by atoms with Crippen LogP contribution < -0.4 is 5.32 Å². The SMILES string of the molecule is C[C@H]1N(C(=O)Nc2ccc(-n3cnnn3)cc2)CCO[C@@]1(Cn1cncn1)c1ccc(F)cc1F. The van der Waals surface area contributed by atoms with E-state index in [1.165, 1.54) is 40.5 Å². The second kappa shape index (κ2) is 9.18. The van der Waals surface area contributed by atoms with Gasteiger partial charge < -0.3 is 15.0 Å². The van der Waals surface area contributed by atoms with Gasteiger partial charge in [0.2, 0.25) is 0 Å². The molecule has 1 N–H and O–H groups in total. The molecule has 13 heteroatoms. The molecule has 2 aromatic heterocycles. The first kappa shape index (κ1) is 22.5. The third-order valence-electron chi connectivity index (χ3n) is 6.08. The van der Waals surface area contributed by atoms with E-state index in [9.17, 15) is 9.18 Å². The first-order valence-corrected chi connectivity index (χ1v) is 10.8. The molecule has 0 unspecified atom stereocenters. The van der Waals surface area contributed by atoms with E-state index < -0.39 is 23.3 Å². The highest BCUT2D eigenvalue weighted by molar-refractivity contribution is 5.89. The number of hydrogen-bond donors (Lipinski definition) is 1. The number of nitrogens with one attached hydrogen (secondary N) is 1. The summed E-state index contributed by atoms with van der Waals surface area (Å²) in [6, 6.07) is 9.27. The number of aromatic nitrogens is 7. The maximum absolute atomic E-state index is 15.0. The molecule has 3 heterocycles. The summed E-state index contributed by atoms with van der Waals surface area (Å²) < 4.78 is 37.8. The van der Waals surface area contributed by atoms with E-state index in [0.29, 0.717) is 5.69 Å². The van der Waals surface area contributed by atoms with Crippen LogP contribution in [0.1, 0.15) is 12.5 Å². The topological polar surface area (TPSA) is 116 Å². The molecule has 2 aromatic carbocycles. The summed E-state index contributed by atoms with van der Waals surface area (Å²) in [5.41, 5.74) is 0.0855. The Labute approximate surface area is 198 Å². The molecular weight excluding hydrogens is 460 g/mol. The van der Waals surface area contributed by atoms with Crippen LogP contribution in [0.5, 0.6) is 0 Å². The number of rotatable bonds is 5. The lowest BCUT2D eigenvalue weighted by atomic mass is 9.84. The predicted octanol–water partition coefficient (Wildman–Crippen LogP) is 2.38. The number of morpholine rings is 1. The normalized spacial score (nSPS) is 20.1. The molecule has 2 atom stereocenters. The van der Waals surface area contributed by atoms with E-state index in [4.69, 9.17) is 4.74 Å². The van der Waals surface area contributed by atoms with Gasteiger partial charge in [-0.3, -0.25) is 0 Å². The average Bonchev–Trinajstić information content (AvgIpc) is 3.56. The lowest BCUT2D eigenvalue weighted by Gasteiger charge is -2.48. The van der Waals surface area contributed by atoms with Crippen LogP contribution in [0.25, 0.3) is 5.69 Å². The van der Waals surface area contributed by atoms with Gasteiger partial charge in [-0.2, -0.15) is 5.10 Å². The number of tetrazole rings is 1. The quantitative estimate of drug-likeness (QED) is 0.465. The molecule has 0 aliphatic carbocycles. The van der Waals surface area contributed by atoms with Crippen molar-refractivity contribution in [1.29, 1.82) is 0 Å². The van der Waals surface area contributed by atoms with E-state index in [1.54, 1.807) is 36.1 Å². The maximum atomic E-state index is 15.0. The van der Waals surface area contributed by atoms with Crippen molar-refractivity contribution in [2.75, 3.05) is 18.5 Å². The molecule has 35 heavy (non-hydrogen) atoms. The van der Waals surface area contributed by atoms with Crippen LogP contribution in [-0.2, 0) is 16.9 Å².